The maximum atomic E-state index is 10.6. The number of hydrogen-bond donors (Lipinski definition) is 1. The summed E-state index contributed by atoms with van der Waals surface area (Å²) in [5.41, 5.74) is 5.08. The van der Waals surface area contributed by atoms with E-state index in [0.29, 0.717) is 12.5 Å². The number of nitrogens with two attached hydrogens (primary N) is 1. The van der Waals surface area contributed by atoms with Crippen molar-refractivity contribution in [2.75, 3.05) is 26.8 Å². The van der Waals surface area contributed by atoms with Gasteiger partial charge in [0.2, 0.25) is 5.91 Å². The monoisotopic (exact) mass is 186 g/mol. The largest absolute Gasteiger partial charge is 0.381 e. The third-order valence-electron chi connectivity index (χ3n) is 2.53. The molecule has 76 valence electrons. The minimum absolute atomic E-state index is 0.223. The Hall–Kier alpha value is -0.610. The van der Waals surface area contributed by atoms with Crippen molar-refractivity contribution >= 4 is 5.91 Å². The lowest BCUT2D eigenvalue weighted by Gasteiger charge is -2.30. The van der Waals surface area contributed by atoms with Crippen LogP contribution >= 0.6 is 0 Å². The molecule has 0 aromatic rings. The fraction of sp³-hybridized carbons (Fsp3) is 0.889. The van der Waals surface area contributed by atoms with Crippen LogP contribution in [0.25, 0.3) is 0 Å². The molecule has 1 heterocycles. The van der Waals surface area contributed by atoms with Gasteiger partial charge >= 0.3 is 0 Å². The lowest BCUT2D eigenvalue weighted by atomic mass is 10.1. The molecule has 0 atom stereocenters. The number of carbonyl (C=O) groups is 1. The van der Waals surface area contributed by atoms with Crippen LogP contribution in [0.3, 0.4) is 0 Å². The first-order valence-electron chi connectivity index (χ1n) is 4.76. The highest BCUT2D eigenvalue weighted by atomic mass is 16.5. The van der Waals surface area contributed by atoms with Gasteiger partial charge in [-0.2, -0.15) is 0 Å². The standard InChI is InChI=1S/C9H18N2O2/c1-11(5-2-9(10)12)8-3-6-13-7-4-8/h8H,2-7H2,1H3,(H2,10,12). The van der Waals surface area contributed by atoms with E-state index in [1.807, 2.05) is 7.05 Å². The highest BCUT2D eigenvalue weighted by molar-refractivity contribution is 5.73. The third-order valence-corrected chi connectivity index (χ3v) is 2.53. The SMILES string of the molecule is CN(CCC(N)=O)C1CCOCC1. The first-order valence-corrected chi connectivity index (χ1v) is 4.76. The van der Waals surface area contributed by atoms with Gasteiger partial charge in [-0.15, -0.1) is 0 Å². The third kappa shape index (κ3) is 3.74. The van der Waals surface area contributed by atoms with Gasteiger partial charge in [0.15, 0.2) is 0 Å². The van der Waals surface area contributed by atoms with Gasteiger partial charge in [-0.25, -0.2) is 0 Å². The molecule has 0 radical (unpaired) electrons. The highest BCUT2D eigenvalue weighted by Crippen LogP contribution is 2.12. The zero-order valence-corrected chi connectivity index (χ0v) is 8.16. The number of amides is 1. The van der Waals surface area contributed by atoms with E-state index >= 15 is 0 Å². The molecule has 0 aromatic carbocycles. The molecule has 0 saturated carbocycles. The van der Waals surface area contributed by atoms with Gasteiger partial charge < -0.3 is 15.4 Å². The molecular formula is C9H18N2O2. The fourth-order valence-electron chi connectivity index (χ4n) is 1.60. The Bertz CT molecular complexity index is 167. The van der Waals surface area contributed by atoms with E-state index in [1.54, 1.807) is 0 Å². The van der Waals surface area contributed by atoms with Gasteiger partial charge in [-0.05, 0) is 19.9 Å². The second kappa shape index (κ2) is 5.19. The lowest BCUT2D eigenvalue weighted by molar-refractivity contribution is -0.118. The highest BCUT2D eigenvalue weighted by Gasteiger charge is 2.18. The van der Waals surface area contributed by atoms with E-state index in [0.717, 1.165) is 32.6 Å². The van der Waals surface area contributed by atoms with Crippen LogP contribution in [0.2, 0.25) is 0 Å². The molecule has 4 heteroatoms. The Labute approximate surface area is 79.0 Å². The van der Waals surface area contributed by atoms with E-state index < -0.39 is 0 Å². The summed E-state index contributed by atoms with van der Waals surface area (Å²) in [6, 6.07) is 0.563. The average Bonchev–Trinajstić information content (AvgIpc) is 2.15. The van der Waals surface area contributed by atoms with Crippen LogP contribution in [-0.4, -0.2) is 43.7 Å². The summed E-state index contributed by atoms with van der Waals surface area (Å²) >= 11 is 0. The summed E-state index contributed by atoms with van der Waals surface area (Å²) in [6.45, 7) is 2.44. The van der Waals surface area contributed by atoms with Gasteiger partial charge in [0, 0.05) is 32.2 Å². The van der Waals surface area contributed by atoms with Gasteiger partial charge in [0.1, 0.15) is 0 Å². The molecule has 13 heavy (non-hydrogen) atoms. The Morgan fingerprint density at radius 3 is 2.69 bits per heavy atom. The molecule has 1 amide bonds. The molecule has 0 unspecified atom stereocenters. The average molecular weight is 186 g/mol. The van der Waals surface area contributed by atoms with Gasteiger partial charge in [0.25, 0.3) is 0 Å². The number of primary amides is 1. The molecule has 0 spiro atoms. The number of hydrogen-bond acceptors (Lipinski definition) is 3. The Kier molecular flexibility index (Phi) is 4.18. The minimum atomic E-state index is -0.223. The summed E-state index contributed by atoms with van der Waals surface area (Å²) in [5.74, 6) is -0.223. The number of carbonyl (C=O) groups excluding carboxylic acids is 1. The van der Waals surface area contributed by atoms with Gasteiger partial charge in [-0.1, -0.05) is 0 Å². The van der Waals surface area contributed by atoms with Crippen molar-refractivity contribution in [1.82, 2.24) is 4.90 Å². The summed E-state index contributed by atoms with van der Waals surface area (Å²) in [4.78, 5) is 12.8. The number of nitrogens with zero attached hydrogens (tertiary/aromatic N) is 1. The summed E-state index contributed by atoms with van der Waals surface area (Å²) in [6.07, 6.45) is 2.58. The smallest absolute Gasteiger partial charge is 0.218 e. The topological polar surface area (TPSA) is 55.6 Å². The second-order valence-corrected chi connectivity index (χ2v) is 3.54. The molecule has 0 aromatic heterocycles. The van der Waals surface area contributed by atoms with Crippen molar-refractivity contribution in [1.29, 1.82) is 0 Å². The van der Waals surface area contributed by atoms with Crippen molar-refractivity contribution in [2.24, 2.45) is 5.73 Å². The normalized spacial score (nSPS) is 19.2. The van der Waals surface area contributed by atoms with Crippen molar-refractivity contribution in [2.45, 2.75) is 25.3 Å². The zero-order chi connectivity index (χ0) is 9.68. The van der Waals surface area contributed by atoms with E-state index in [1.165, 1.54) is 0 Å². The predicted molar refractivity (Wildman–Crippen MR) is 50.3 cm³/mol. The van der Waals surface area contributed by atoms with Crippen LogP contribution < -0.4 is 5.73 Å². The van der Waals surface area contributed by atoms with Crippen molar-refractivity contribution < 1.29 is 9.53 Å². The van der Waals surface area contributed by atoms with Gasteiger partial charge in [0.05, 0.1) is 0 Å². The molecule has 1 aliphatic rings. The van der Waals surface area contributed by atoms with Crippen LogP contribution in [-0.2, 0) is 9.53 Å². The quantitative estimate of drug-likeness (QED) is 0.671. The van der Waals surface area contributed by atoms with Crippen LogP contribution in [0.4, 0.5) is 0 Å². The fourth-order valence-corrected chi connectivity index (χ4v) is 1.60. The first kappa shape index (κ1) is 10.5. The number of rotatable bonds is 4. The predicted octanol–water partition coefficient (Wildman–Crippen LogP) is -0.0274. The zero-order valence-electron chi connectivity index (χ0n) is 8.16. The molecule has 1 fully saturated rings. The number of ether oxygens (including phenoxy) is 1. The summed E-state index contributed by atoms with van der Waals surface area (Å²) in [7, 11) is 2.04. The summed E-state index contributed by atoms with van der Waals surface area (Å²) in [5, 5.41) is 0. The molecule has 1 aliphatic heterocycles. The Morgan fingerprint density at radius 2 is 2.15 bits per heavy atom. The Morgan fingerprint density at radius 1 is 1.54 bits per heavy atom. The van der Waals surface area contributed by atoms with Crippen LogP contribution in [0.5, 0.6) is 0 Å². The van der Waals surface area contributed by atoms with E-state index in [4.69, 9.17) is 10.5 Å². The van der Waals surface area contributed by atoms with E-state index in [9.17, 15) is 4.79 Å². The van der Waals surface area contributed by atoms with Crippen LogP contribution in [0, 0.1) is 0 Å². The minimum Gasteiger partial charge on any atom is -0.381 e. The Balaban J connectivity index is 2.20. The van der Waals surface area contributed by atoms with Crippen molar-refractivity contribution in [3.05, 3.63) is 0 Å². The molecule has 0 aliphatic carbocycles. The maximum absolute atomic E-state index is 10.6. The molecule has 4 nitrogen and oxygen atoms in total. The molecule has 1 rings (SSSR count). The second-order valence-electron chi connectivity index (χ2n) is 3.54. The van der Waals surface area contributed by atoms with Crippen LogP contribution in [0.1, 0.15) is 19.3 Å². The molecule has 2 N–H and O–H groups in total. The van der Waals surface area contributed by atoms with Crippen molar-refractivity contribution in [3.8, 4) is 0 Å². The lowest BCUT2D eigenvalue weighted by Crippen LogP contribution is -2.38. The van der Waals surface area contributed by atoms with E-state index in [-0.39, 0.29) is 5.91 Å². The first-order chi connectivity index (χ1) is 6.20. The molecular weight excluding hydrogens is 168 g/mol. The van der Waals surface area contributed by atoms with Crippen LogP contribution in [0.15, 0.2) is 0 Å². The maximum Gasteiger partial charge on any atom is 0.218 e. The van der Waals surface area contributed by atoms with Crippen molar-refractivity contribution in [3.63, 3.8) is 0 Å². The van der Waals surface area contributed by atoms with E-state index in [2.05, 4.69) is 4.90 Å². The molecule has 0 bridgehead atoms. The van der Waals surface area contributed by atoms with Gasteiger partial charge in [-0.3, -0.25) is 4.79 Å². The molecule has 1 saturated heterocycles. The summed E-state index contributed by atoms with van der Waals surface area (Å²) < 4.78 is 5.26.